The van der Waals surface area contributed by atoms with Gasteiger partial charge in [0.15, 0.2) is 5.78 Å². The summed E-state index contributed by atoms with van der Waals surface area (Å²) in [5.74, 6) is -5.12. The van der Waals surface area contributed by atoms with Crippen molar-refractivity contribution in [1.82, 2.24) is 16.0 Å². The van der Waals surface area contributed by atoms with Crippen molar-refractivity contribution in [3.05, 3.63) is 71.8 Å². The van der Waals surface area contributed by atoms with Crippen LogP contribution in [0.3, 0.4) is 0 Å². The largest absolute Gasteiger partial charge is 0.346 e. The van der Waals surface area contributed by atoms with E-state index in [4.69, 9.17) is 0 Å². The van der Waals surface area contributed by atoms with Gasteiger partial charge < -0.3 is 16.0 Å². The number of amides is 5. The number of ketones is 1. The maximum absolute atomic E-state index is 13.2. The molecule has 40 heavy (non-hydrogen) atoms. The van der Waals surface area contributed by atoms with E-state index < -0.39 is 53.3 Å². The first-order valence-corrected chi connectivity index (χ1v) is 13.0. The molecule has 0 radical (unpaired) electrons. The van der Waals surface area contributed by atoms with E-state index in [2.05, 4.69) is 21.3 Å². The lowest BCUT2D eigenvalue weighted by molar-refractivity contribution is -0.137. The summed E-state index contributed by atoms with van der Waals surface area (Å²) in [5.41, 5.74) is 2.07. The van der Waals surface area contributed by atoms with Gasteiger partial charge in [-0.05, 0) is 35.3 Å². The smallest absolute Gasteiger partial charge is 0.244 e. The van der Waals surface area contributed by atoms with Crippen molar-refractivity contribution < 1.29 is 28.8 Å². The molecular formula is C30H34N4O6. The lowest BCUT2D eigenvalue weighted by Crippen LogP contribution is -2.49. The van der Waals surface area contributed by atoms with E-state index in [0.29, 0.717) is 11.3 Å². The minimum Gasteiger partial charge on any atom is -0.346 e. The van der Waals surface area contributed by atoms with Crippen molar-refractivity contribution in [1.29, 1.82) is 0 Å². The van der Waals surface area contributed by atoms with Crippen molar-refractivity contribution in [2.45, 2.75) is 46.2 Å². The number of nitrogens with one attached hydrogen (secondary N) is 4. The molecule has 4 N–H and O–H groups in total. The molecule has 0 bridgehead atoms. The fourth-order valence-corrected chi connectivity index (χ4v) is 4.45. The molecule has 0 aromatic heterocycles. The van der Waals surface area contributed by atoms with E-state index in [9.17, 15) is 28.8 Å². The molecule has 1 heterocycles. The van der Waals surface area contributed by atoms with Crippen LogP contribution < -0.4 is 21.3 Å². The third-order valence-corrected chi connectivity index (χ3v) is 6.60. The number of benzene rings is 2. The van der Waals surface area contributed by atoms with E-state index in [1.165, 1.54) is 19.9 Å². The van der Waals surface area contributed by atoms with E-state index in [1.54, 1.807) is 68.5 Å². The normalized spacial score (nSPS) is 18.2. The van der Waals surface area contributed by atoms with E-state index >= 15 is 0 Å². The Labute approximate surface area is 233 Å². The van der Waals surface area contributed by atoms with Gasteiger partial charge in [-0.15, -0.1) is 0 Å². The van der Waals surface area contributed by atoms with E-state index in [-0.39, 0.29) is 18.2 Å². The van der Waals surface area contributed by atoms with Gasteiger partial charge in [-0.1, -0.05) is 63.2 Å². The Balaban J connectivity index is 1.70. The van der Waals surface area contributed by atoms with Crippen LogP contribution in [-0.4, -0.2) is 41.4 Å². The van der Waals surface area contributed by atoms with E-state index in [1.807, 2.05) is 6.07 Å². The quantitative estimate of drug-likeness (QED) is 0.193. The number of rotatable bonds is 11. The molecule has 1 saturated heterocycles. The zero-order valence-electron chi connectivity index (χ0n) is 22.9. The Morgan fingerprint density at radius 3 is 2.12 bits per heavy atom. The summed E-state index contributed by atoms with van der Waals surface area (Å²) >= 11 is 0. The molecule has 5 amide bonds. The van der Waals surface area contributed by atoms with Crippen LogP contribution in [0.5, 0.6) is 0 Å². The maximum atomic E-state index is 13.2. The Kier molecular flexibility index (Phi) is 10.1. The SMILES string of the molecule is CC(=O)Nc1ccc(/C=C/C(=O)N[C@@H](CC(=O)N[C@H](C(=O)[C@@H]2C(=O)NC(=O)[C@H]2C)C(C)C)c2ccccc2)cc1. The molecule has 0 spiro atoms. The third-order valence-electron chi connectivity index (χ3n) is 6.60. The first kappa shape index (κ1) is 29.9. The van der Waals surface area contributed by atoms with Gasteiger partial charge >= 0.3 is 0 Å². The third kappa shape index (κ3) is 7.95. The van der Waals surface area contributed by atoms with Crippen molar-refractivity contribution in [3.8, 4) is 0 Å². The lowest BCUT2D eigenvalue weighted by atomic mass is 9.85. The van der Waals surface area contributed by atoms with E-state index in [0.717, 1.165) is 5.56 Å². The number of anilines is 1. The number of carbonyl (C=O) groups is 6. The van der Waals surface area contributed by atoms with Crippen molar-refractivity contribution in [3.63, 3.8) is 0 Å². The van der Waals surface area contributed by atoms with Crippen molar-refractivity contribution in [2.24, 2.45) is 17.8 Å². The fourth-order valence-electron chi connectivity index (χ4n) is 4.45. The number of hydrogen-bond acceptors (Lipinski definition) is 6. The summed E-state index contributed by atoms with van der Waals surface area (Å²) in [6.07, 6.45) is 2.80. The molecular weight excluding hydrogens is 512 g/mol. The molecule has 10 nitrogen and oxygen atoms in total. The molecule has 1 aliphatic heterocycles. The molecule has 4 atom stereocenters. The van der Waals surface area contributed by atoms with Gasteiger partial charge in [0.2, 0.25) is 29.5 Å². The van der Waals surface area contributed by atoms with Crippen LogP contribution in [0.2, 0.25) is 0 Å². The summed E-state index contributed by atoms with van der Waals surface area (Å²) in [4.78, 5) is 74.4. The molecule has 0 aliphatic carbocycles. The predicted octanol–water partition coefficient (Wildman–Crippen LogP) is 2.52. The monoisotopic (exact) mass is 546 g/mol. The highest BCUT2D eigenvalue weighted by molar-refractivity contribution is 6.16. The Hall–Kier alpha value is -4.60. The Morgan fingerprint density at radius 2 is 1.57 bits per heavy atom. The van der Waals surface area contributed by atoms with Crippen molar-refractivity contribution >= 4 is 47.1 Å². The van der Waals surface area contributed by atoms with Crippen LogP contribution >= 0.6 is 0 Å². The van der Waals surface area contributed by atoms with Crippen LogP contribution in [-0.2, 0) is 28.8 Å². The molecule has 0 saturated carbocycles. The standard InChI is InChI=1S/C30H34N4O6/c1-17(2)27(28(38)26-18(3)29(39)34-30(26)40)33-25(37)16-23(21-8-6-5-7-9-21)32-24(36)15-12-20-10-13-22(14-11-20)31-19(4)35/h5-15,17-18,23,26-27H,16H2,1-4H3,(H,31,35)(H,32,36)(H,33,37)(H,34,39,40)/b15-12+/t18-,23-,26+,27-/m0/s1. The van der Waals surface area contributed by atoms with Crippen LogP contribution in [0.25, 0.3) is 6.08 Å². The molecule has 2 aromatic rings. The predicted molar refractivity (Wildman–Crippen MR) is 149 cm³/mol. The zero-order valence-corrected chi connectivity index (χ0v) is 22.9. The molecule has 3 rings (SSSR count). The summed E-state index contributed by atoms with van der Waals surface area (Å²) in [7, 11) is 0. The second kappa shape index (κ2) is 13.5. The molecule has 210 valence electrons. The van der Waals surface area contributed by atoms with Crippen LogP contribution in [0.1, 0.15) is 51.3 Å². The van der Waals surface area contributed by atoms with Crippen LogP contribution in [0, 0.1) is 17.8 Å². The fraction of sp³-hybridized carbons (Fsp3) is 0.333. The maximum Gasteiger partial charge on any atom is 0.244 e. The minimum atomic E-state index is -1.16. The summed E-state index contributed by atoms with van der Waals surface area (Å²) in [6, 6.07) is 14.2. The second-order valence-electron chi connectivity index (χ2n) is 10.1. The summed E-state index contributed by atoms with van der Waals surface area (Å²) in [6.45, 7) is 6.41. The summed E-state index contributed by atoms with van der Waals surface area (Å²) < 4.78 is 0. The van der Waals surface area contributed by atoms with Gasteiger partial charge in [0, 0.05) is 18.7 Å². The number of hydrogen-bond donors (Lipinski definition) is 4. The minimum absolute atomic E-state index is 0.156. The number of carbonyl (C=O) groups excluding carboxylic acids is 6. The van der Waals surface area contributed by atoms with Gasteiger partial charge in [-0.3, -0.25) is 34.1 Å². The van der Waals surface area contributed by atoms with Crippen molar-refractivity contribution in [2.75, 3.05) is 5.32 Å². The number of Topliss-reactive ketones (excluding diaryl/α,β-unsaturated/α-hetero) is 1. The highest BCUT2D eigenvalue weighted by Crippen LogP contribution is 2.24. The average Bonchev–Trinajstić information content (AvgIpc) is 3.16. The molecule has 10 heteroatoms. The average molecular weight is 547 g/mol. The van der Waals surface area contributed by atoms with Gasteiger partial charge in [0.05, 0.1) is 24.4 Å². The van der Waals surface area contributed by atoms with Crippen LogP contribution in [0.15, 0.2) is 60.7 Å². The Bertz CT molecular complexity index is 1300. The zero-order chi connectivity index (χ0) is 29.4. The van der Waals surface area contributed by atoms with Gasteiger partial charge in [-0.2, -0.15) is 0 Å². The van der Waals surface area contributed by atoms with Gasteiger partial charge in [-0.25, -0.2) is 0 Å². The first-order valence-electron chi connectivity index (χ1n) is 13.0. The lowest BCUT2D eigenvalue weighted by Gasteiger charge is -2.25. The topological polar surface area (TPSA) is 151 Å². The van der Waals surface area contributed by atoms with Crippen LogP contribution in [0.4, 0.5) is 5.69 Å². The number of imide groups is 1. The summed E-state index contributed by atoms with van der Waals surface area (Å²) in [5, 5.41) is 10.4. The second-order valence-corrected chi connectivity index (χ2v) is 10.1. The molecule has 1 fully saturated rings. The first-order chi connectivity index (χ1) is 19.0. The highest BCUT2D eigenvalue weighted by Gasteiger charge is 2.46. The Morgan fingerprint density at radius 1 is 0.925 bits per heavy atom. The molecule has 1 aliphatic rings. The molecule has 0 unspecified atom stereocenters. The highest BCUT2D eigenvalue weighted by atomic mass is 16.2. The van der Waals surface area contributed by atoms with Gasteiger partial charge in [0.25, 0.3) is 0 Å². The molecule has 2 aromatic carbocycles. The van der Waals surface area contributed by atoms with Gasteiger partial charge in [0.1, 0.15) is 5.92 Å².